The molecule has 0 fully saturated rings. The summed E-state index contributed by atoms with van der Waals surface area (Å²) in [5, 5.41) is 3.44. The molecule has 2 aromatic rings. The van der Waals surface area contributed by atoms with Gasteiger partial charge in [-0.1, -0.05) is 41.9 Å². The van der Waals surface area contributed by atoms with E-state index in [1.165, 1.54) is 0 Å². The third-order valence-corrected chi connectivity index (χ3v) is 2.94. The van der Waals surface area contributed by atoms with Crippen molar-refractivity contribution < 1.29 is 4.79 Å². The van der Waals surface area contributed by atoms with Gasteiger partial charge >= 0.3 is 0 Å². The van der Waals surface area contributed by atoms with Crippen molar-refractivity contribution in [2.24, 2.45) is 0 Å². The Kier molecular flexibility index (Phi) is 4.37. The molecule has 2 rings (SSSR count). The fourth-order valence-electron chi connectivity index (χ4n) is 1.69. The number of hydrogen-bond donors (Lipinski definition) is 1. The van der Waals surface area contributed by atoms with E-state index in [0.29, 0.717) is 5.02 Å². The third-order valence-electron chi connectivity index (χ3n) is 2.69. The van der Waals surface area contributed by atoms with Gasteiger partial charge < -0.3 is 5.32 Å². The predicted molar refractivity (Wildman–Crippen MR) is 80.2 cm³/mol. The van der Waals surface area contributed by atoms with E-state index in [4.69, 9.17) is 11.6 Å². The minimum absolute atomic E-state index is 0.149. The number of halogens is 1. The van der Waals surface area contributed by atoms with E-state index in [1.807, 2.05) is 37.3 Å². The molecule has 0 aliphatic heterocycles. The lowest BCUT2D eigenvalue weighted by Gasteiger charge is -2.04. The highest BCUT2D eigenvalue weighted by atomic mass is 35.5. The van der Waals surface area contributed by atoms with Crippen molar-refractivity contribution in [3.05, 3.63) is 71.3 Å². The minimum Gasteiger partial charge on any atom is -0.323 e. The molecule has 0 bridgehead atoms. The third kappa shape index (κ3) is 3.97. The van der Waals surface area contributed by atoms with Crippen molar-refractivity contribution >= 4 is 28.8 Å². The van der Waals surface area contributed by atoms with Gasteiger partial charge in [-0.25, -0.2) is 0 Å². The summed E-state index contributed by atoms with van der Waals surface area (Å²) in [6.07, 6.45) is 1.59. The average molecular weight is 272 g/mol. The Labute approximate surface area is 117 Å². The van der Waals surface area contributed by atoms with Crippen LogP contribution in [0.1, 0.15) is 12.5 Å². The average Bonchev–Trinajstić information content (AvgIpc) is 2.42. The van der Waals surface area contributed by atoms with Crippen molar-refractivity contribution in [1.29, 1.82) is 0 Å². The molecule has 0 atom stereocenters. The molecule has 0 heterocycles. The minimum atomic E-state index is -0.149. The van der Waals surface area contributed by atoms with Crippen molar-refractivity contribution in [1.82, 2.24) is 0 Å². The smallest absolute Gasteiger partial charge is 0.248 e. The number of allylic oxidation sites excluding steroid dienone is 1. The SMILES string of the molecule is C/C(=C\C(=O)Nc1ccc(Cl)cc1)c1ccccc1. The molecule has 0 saturated heterocycles. The first-order valence-electron chi connectivity index (χ1n) is 5.95. The van der Waals surface area contributed by atoms with Gasteiger partial charge in [0.1, 0.15) is 0 Å². The van der Waals surface area contributed by atoms with Crippen LogP contribution in [-0.4, -0.2) is 5.91 Å². The zero-order valence-electron chi connectivity index (χ0n) is 10.6. The Balaban J connectivity index is 2.07. The highest BCUT2D eigenvalue weighted by molar-refractivity contribution is 6.30. The van der Waals surface area contributed by atoms with E-state index in [1.54, 1.807) is 30.3 Å². The molecule has 96 valence electrons. The van der Waals surface area contributed by atoms with Gasteiger partial charge in [0, 0.05) is 16.8 Å². The Morgan fingerprint density at radius 2 is 1.68 bits per heavy atom. The molecule has 0 radical (unpaired) electrons. The van der Waals surface area contributed by atoms with Crippen LogP contribution in [-0.2, 0) is 4.79 Å². The normalized spacial score (nSPS) is 11.2. The topological polar surface area (TPSA) is 29.1 Å². The summed E-state index contributed by atoms with van der Waals surface area (Å²) in [7, 11) is 0. The maximum absolute atomic E-state index is 11.9. The number of nitrogens with one attached hydrogen (secondary N) is 1. The first-order chi connectivity index (χ1) is 9.15. The van der Waals surface area contributed by atoms with Crippen molar-refractivity contribution in [3.8, 4) is 0 Å². The van der Waals surface area contributed by atoms with Crippen molar-refractivity contribution in [3.63, 3.8) is 0 Å². The lowest BCUT2D eigenvalue weighted by Crippen LogP contribution is -2.08. The Hall–Kier alpha value is -2.06. The van der Waals surface area contributed by atoms with Gasteiger partial charge in [0.15, 0.2) is 0 Å². The zero-order chi connectivity index (χ0) is 13.7. The maximum atomic E-state index is 11.9. The first-order valence-corrected chi connectivity index (χ1v) is 6.33. The summed E-state index contributed by atoms with van der Waals surface area (Å²) in [5.41, 5.74) is 2.69. The molecule has 2 aromatic carbocycles. The van der Waals surface area contributed by atoms with Gasteiger partial charge in [-0.15, -0.1) is 0 Å². The largest absolute Gasteiger partial charge is 0.323 e. The molecule has 0 unspecified atom stereocenters. The maximum Gasteiger partial charge on any atom is 0.248 e. The molecule has 0 spiro atoms. The van der Waals surface area contributed by atoms with E-state index >= 15 is 0 Å². The quantitative estimate of drug-likeness (QED) is 0.825. The number of amides is 1. The van der Waals surface area contributed by atoms with Crippen LogP contribution in [0.2, 0.25) is 5.02 Å². The molecule has 0 aliphatic rings. The molecule has 1 amide bonds. The summed E-state index contributed by atoms with van der Waals surface area (Å²) < 4.78 is 0. The summed E-state index contributed by atoms with van der Waals surface area (Å²) >= 11 is 5.79. The van der Waals surface area contributed by atoms with E-state index < -0.39 is 0 Å². The monoisotopic (exact) mass is 271 g/mol. The van der Waals surface area contributed by atoms with Crippen molar-refractivity contribution in [2.75, 3.05) is 5.32 Å². The molecule has 19 heavy (non-hydrogen) atoms. The summed E-state index contributed by atoms with van der Waals surface area (Å²) in [4.78, 5) is 11.9. The van der Waals surface area contributed by atoms with Crippen molar-refractivity contribution in [2.45, 2.75) is 6.92 Å². The van der Waals surface area contributed by atoms with E-state index in [-0.39, 0.29) is 5.91 Å². The molecule has 0 aromatic heterocycles. The Bertz CT molecular complexity index is 588. The molecule has 2 nitrogen and oxygen atoms in total. The second-order valence-electron chi connectivity index (χ2n) is 4.19. The van der Waals surface area contributed by atoms with Crippen LogP contribution in [0.4, 0.5) is 5.69 Å². The highest BCUT2D eigenvalue weighted by Gasteiger charge is 2.01. The van der Waals surface area contributed by atoms with Gasteiger partial charge in [0.05, 0.1) is 0 Å². The summed E-state index contributed by atoms with van der Waals surface area (Å²) in [5.74, 6) is -0.149. The number of carbonyl (C=O) groups excluding carboxylic acids is 1. The first kappa shape index (κ1) is 13.4. The van der Waals surface area contributed by atoms with Crippen LogP contribution >= 0.6 is 11.6 Å². The van der Waals surface area contributed by atoms with Gasteiger partial charge in [0.25, 0.3) is 0 Å². The Morgan fingerprint density at radius 3 is 2.32 bits per heavy atom. The van der Waals surface area contributed by atoms with E-state index in [9.17, 15) is 4.79 Å². The zero-order valence-corrected chi connectivity index (χ0v) is 11.3. The summed E-state index contributed by atoms with van der Waals surface area (Å²) in [6, 6.07) is 16.8. The Morgan fingerprint density at radius 1 is 1.05 bits per heavy atom. The van der Waals surface area contributed by atoms with Crippen LogP contribution < -0.4 is 5.32 Å². The number of rotatable bonds is 3. The molecule has 3 heteroatoms. The van der Waals surface area contributed by atoms with E-state index in [2.05, 4.69) is 5.32 Å². The van der Waals surface area contributed by atoms with Crippen LogP contribution in [0, 0.1) is 0 Å². The van der Waals surface area contributed by atoms with Crippen LogP contribution in [0.15, 0.2) is 60.7 Å². The number of anilines is 1. The van der Waals surface area contributed by atoms with Crippen LogP contribution in [0.5, 0.6) is 0 Å². The van der Waals surface area contributed by atoms with E-state index in [0.717, 1.165) is 16.8 Å². The molecular weight excluding hydrogens is 258 g/mol. The van der Waals surface area contributed by atoms with Crippen LogP contribution in [0.25, 0.3) is 5.57 Å². The number of hydrogen-bond acceptors (Lipinski definition) is 1. The number of benzene rings is 2. The molecule has 0 saturated carbocycles. The summed E-state index contributed by atoms with van der Waals surface area (Å²) in [6.45, 7) is 1.91. The fraction of sp³-hybridized carbons (Fsp3) is 0.0625. The van der Waals surface area contributed by atoms with Crippen LogP contribution in [0.3, 0.4) is 0 Å². The van der Waals surface area contributed by atoms with Gasteiger partial charge in [-0.3, -0.25) is 4.79 Å². The second kappa shape index (κ2) is 6.21. The molecular formula is C16H14ClNO. The lowest BCUT2D eigenvalue weighted by molar-refractivity contribution is -0.111. The number of carbonyl (C=O) groups is 1. The van der Waals surface area contributed by atoms with Gasteiger partial charge in [0.2, 0.25) is 5.91 Å². The molecule has 1 N–H and O–H groups in total. The van der Waals surface area contributed by atoms with Gasteiger partial charge in [-0.2, -0.15) is 0 Å². The highest BCUT2D eigenvalue weighted by Crippen LogP contribution is 2.15. The van der Waals surface area contributed by atoms with Gasteiger partial charge in [-0.05, 0) is 42.3 Å². The molecule has 0 aliphatic carbocycles. The predicted octanol–water partition coefficient (Wildman–Crippen LogP) is 4.38. The fourth-order valence-corrected chi connectivity index (χ4v) is 1.82. The lowest BCUT2D eigenvalue weighted by atomic mass is 10.1. The second-order valence-corrected chi connectivity index (χ2v) is 4.63. The standard InChI is InChI=1S/C16H14ClNO/c1-12(13-5-3-2-4-6-13)11-16(19)18-15-9-7-14(17)8-10-15/h2-11H,1H3,(H,18,19)/b12-11+.